The molecule has 4 amide bonds. The number of hydrogen-bond donors (Lipinski definition) is 6. The molecule has 1 fully saturated rings. The summed E-state index contributed by atoms with van der Waals surface area (Å²) in [4.78, 5) is 47.4. The Morgan fingerprint density at radius 1 is 0.690 bits per heavy atom. The third kappa shape index (κ3) is 10.7. The normalized spacial score (nSPS) is 25.0. The van der Waals surface area contributed by atoms with Crippen LogP contribution in [0.25, 0.3) is 0 Å². The molecule has 0 saturated carbocycles. The molecule has 1 heterocycles. The minimum Gasteiger partial charge on any atom is -0.394 e. The van der Waals surface area contributed by atoms with Gasteiger partial charge in [-0.2, -0.15) is 0 Å². The van der Waals surface area contributed by atoms with Gasteiger partial charge in [0, 0.05) is 13.1 Å². The van der Waals surface area contributed by atoms with Gasteiger partial charge in [-0.25, -0.2) is 0 Å². The first-order chi connectivity index (χ1) is 14.0. The lowest BCUT2D eigenvalue weighted by atomic mass is 10.3. The molecule has 1 aliphatic heterocycles. The Labute approximate surface area is 167 Å². The van der Waals surface area contributed by atoms with Gasteiger partial charge in [0.1, 0.15) is 25.3 Å². The summed E-state index contributed by atoms with van der Waals surface area (Å²) >= 11 is 0. The van der Waals surface area contributed by atoms with E-state index in [4.69, 9.17) is 14.2 Å². The van der Waals surface area contributed by atoms with E-state index in [1.807, 2.05) is 0 Å². The molecule has 0 aromatic heterocycles. The Morgan fingerprint density at radius 2 is 1.10 bits per heavy atom. The molecule has 0 radical (unpaired) electrons. The van der Waals surface area contributed by atoms with Gasteiger partial charge in [0.05, 0.1) is 39.6 Å². The van der Waals surface area contributed by atoms with Gasteiger partial charge in [0.25, 0.3) is 0 Å². The molecule has 0 aromatic carbocycles. The van der Waals surface area contributed by atoms with Crippen LogP contribution in [0.1, 0.15) is 0 Å². The first-order valence-electron chi connectivity index (χ1n) is 9.07. The molecule has 1 rings (SSSR count). The van der Waals surface area contributed by atoms with Crippen LogP contribution in [0.5, 0.6) is 0 Å². The van der Waals surface area contributed by atoms with Crippen molar-refractivity contribution in [3.05, 3.63) is 0 Å². The Balaban J connectivity index is 2.60. The van der Waals surface area contributed by atoms with Crippen LogP contribution in [0.15, 0.2) is 0 Å². The molecule has 0 spiro atoms. The smallest absolute Gasteiger partial charge is 0.246 e. The fourth-order valence-electron chi connectivity index (χ4n) is 2.16. The Morgan fingerprint density at radius 3 is 1.48 bits per heavy atom. The number of aliphatic hydroxyl groups is 2. The fourth-order valence-corrected chi connectivity index (χ4v) is 2.16. The minimum absolute atomic E-state index is 0.167. The SMILES string of the molecule is O=C1COCC(=O)N[C@@H](CO)C(=O)NCCOCCOCCNC(=O)[C@H](CO)N1. The molecular formula is C16H28N4O9. The van der Waals surface area contributed by atoms with E-state index in [9.17, 15) is 29.4 Å². The number of ether oxygens (including phenoxy) is 3. The number of nitrogens with one attached hydrogen (secondary N) is 4. The standard InChI is InChI=1S/C16H28N4O9/c21-7-11-15(25)17-1-3-27-5-6-28-4-2-18-16(26)12(8-22)20-14(24)10-29-9-13(23)19-11/h11-12,21-22H,1-10H2,(H,17,25)(H,18,26)(H,19,23)(H,20,24)/t11-,12-/m0/s1. The molecule has 13 heteroatoms. The van der Waals surface area contributed by atoms with Crippen molar-refractivity contribution in [3.63, 3.8) is 0 Å². The van der Waals surface area contributed by atoms with Crippen molar-refractivity contribution in [2.24, 2.45) is 0 Å². The second kappa shape index (κ2) is 14.6. The van der Waals surface area contributed by atoms with Crippen molar-refractivity contribution in [1.29, 1.82) is 0 Å². The molecule has 1 saturated heterocycles. The van der Waals surface area contributed by atoms with Crippen LogP contribution in [0, 0.1) is 0 Å². The van der Waals surface area contributed by atoms with E-state index in [2.05, 4.69) is 21.3 Å². The average molecular weight is 420 g/mol. The van der Waals surface area contributed by atoms with Gasteiger partial charge in [0.15, 0.2) is 0 Å². The molecule has 6 N–H and O–H groups in total. The molecule has 0 bridgehead atoms. The van der Waals surface area contributed by atoms with E-state index in [0.29, 0.717) is 0 Å². The maximum Gasteiger partial charge on any atom is 0.246 e. The summed E-state index contributed by atoms with van der Waals surface area (Å²) in [6.07, 6.45) is 0. The van der Waals surface area contributed by atoms with E-state index in [-0.39, 0.29) is 39.5 Å². The molecule has 1 aliphatic rings. The van der Waals surface area contributed by atoms with Crippen molar-refractivity contribution >= 4 is 23.6 Å². The Hall–Kier alpha value is -2.32. The van der Waals surface area contributed by atoms with E-state index < -0.39 is 62.1 Å². The third-order valence-electron chi connectivity index (χ3n) is 3.60. The molecule has 0 aliphatic carbocycles. The highest BCUT2D eigenvalue weighted by Crippen LogP contribution is 1.88. The van der Waals surface area contributed by atoms with Crippen LogP contribution in [0.2, 0.25) is 0 Å². The van der Waals surface area contributed by atoms with Crippen molar-refractivity contribution < 1.29 is 43.6 Å². The van der Waals surface area contributed by atoms with E-state index in [1.54, 1.807) is 0 Å². The van der Waals surface area contributed by atoms with E-state index in [0.717, 1.165) is 0 Å². The topological polar surface area (TPSA) is 185 Å². The molecule has 166 valence electrons. The molecule has 2 atom stereocenters. The Kier molecular flexibility index (Phi) is 12.5. The number of carbonyl (C=O) groups is 4. The number of hydrogen-bond acceptors (Lipinski definition) is 9. The molecule has 0 unspecified atom stereocenters. The molecular weight excluding hydrogens is 392 g/mol. The summed E-state index contributed by atoms with van der Waals surface area (Å²) in [5, 5.41) is 28.0. The predicted molar refractivity (Wildman–Crippen MR) is 96.5 cm³/mol. The van der Waals surface area contributed by atoms with Crippen LogP contribution in [-0.2, 0) is 33.4 Å². The summed E-state index contributed by atoms with van der Waals surface area (Å²) in [5.74, 6) is -2.63. The van der Waals surface area contributed by atoms with Crippen LogP contribution in [0.3, 0.4) is 0 Å². The van der Waals surface area contributed by atoms with E-state index >= 15 is 0 Å². The van der Waals surface area contributed by atoms with Gasteiger partial charge in [-0.15, -0.1) is 0 Å². The fraction of sp³-hybridized carbons (Fsp3) is 0.750. The first-order valence-corrected chi connectivity index (χ1v) is 9.07. The molecule has 13 nitrogen and oxygen atoms in total. The lowest BCUT2D eigenvalue weighted by Gasteiger charge is -2.17. The minimum atomic E-state index is -1.18. The maximum atomic E-state index is 11.9. The second-order valence-corrected chi connectivity index (χ2v) is 5.90. The van der Waals surface area contributed by atoms with Gasteiger partial charge < -0.3 is 45.7 Å². The van der Waals surface area contributed by atoms with Crippen molar-refractivity contribution in [3.8, 4) is 0 Å². The lowest BCUT2D eigenvalue weighted by Crippen LogP contribution is -2.51. The first kappa shape index (κ1) is 24.7. The maximum absolute atomic E-state index is 11.9. The van der Waals surface area contributed by atoms with Crippen molar-refractivity contribution in [2.45, 2.75) is 12.1 Å². The van der Waals surface area contributed by atoms with Crippen molar-refractivity contribution in [1.82, 2.24) is 21.3 Å². The summed E-state index contributed by atoms with van der Waals surface area (Å²) in [6.45, 7) is -1.09. The van der Waals surface area contributed by atoms with Crippen LogP contribution in [0.4, 0.5) is 0 Å². The average Bonchev–Trinajstić information content (AvgIpc) is 2.70. The van der Waals surface area contributed by atoms with E-state index in [1.165, 1.54) is 0 Å². The highest BCUT2D eigenvalue weighted by atomic mass is 16.5. The quantitative estimate of drug-likeness (QED) is 0.255. The van der Waals surface area contributed by atoms with Gasteiger partial charge in [-0.05, 0) is 0 Å². The van der Waals surface area contributed by atoms with Crippen LogP contribution < -0.4 is 21.3 Å². The predicted octanol–water partition coefficient (Wildman–Crippen LogP) is -4.76. The Bertz CT molecular complexity index is 500. The van der Waals surface area contributed by atoms with Gasteiger partial charge in [0.2, 0.25) is 23.6 Å². The van der Waals surface area contributed by atoms with Gasteiger partial charge in [-0.3, -0.25) is 19.2 Å². The summed E-state index contributed by atoms with van der Waals surface area (Å²) in [7, 11) is 0. The summed E-state index contributed by atoms with van der Waals surface area (Å²) in [6, 6.07) is -2.36. The van der Waals surface area contributed by atoms with Crippen molar-refractivity contribution in [2.75, 3.05) is 65.9 Å². The largest absolute Gasteiger partial charge is 0.394 e. The number of aliphatic hydroxyl groups excluding tert-OH is 2. The number of rotatable bonds is 2. The number of amides is 4. The number of carbonyl (C=O) groups excluding carboxylic acids is 4. The molecule has 29 heavy (non-hydrogen) atoms. The van der Waals surface area contributed by atoms with Crippen LogP contribution in [-0.4, -0.2) is 112 Å². The van der Waals surface area contributed by atoms with Crippen LogP contribution >= 0.6 is 0 Å². The van der Waals surface area contributed by atoms with Gasteiger partial charge in [-0.1, -0.05) is 0 Å². The zero-order valence-electron chi connectivity index (χ0n) is 16.0. The second-order valence-electron chi connectivity index (χ2n) is 5.90. The summed E-state index contributed by atoms with van der Waals surface area (Å²) in [5.41, 5.74) is 0. The highest BCUT2D eigenvalue weighted by Gasteiger charge is 2.21. The van der Waals surface area contributed by atoms with Gasteiger partial charge >= 0.3 is 0 Å². The highest BCUT2D eigenvalue weighted by molar-refractivity contribution is 5.89. The molecule has 0 aromatic rings. The zero-order valence-corrected chi connectivity index (χ0v) is 16.0. The lowest BCUT2D eigenvalue weighted by molar-refractivity contribution is -0.136. The summed E-state index contributed by atoms with van der Waals surface area (Å²) < 4.78 is 15.4. The third-order valence-corrected chi connectivity index (χ3v) is 3.60. The zero-order chi connectivity index (χ0) is 21.5. The monoisotopic (exact) mass is 420 g/mol.